The van der Waals surface area contributed by atoms with Crippen molar-refractivity contribution in [2.24, 2.45) is 5.73 Å². The zero-order valence-electron chi connectivity index (χ0n) is 11.4. The van der Waals surface area contributed by atoms with Gasteiger partial charge in [0.15, 0.2) is 0 Å². The summed E-state index contributed by atoms with van der Waals surface area (Å²) in [5.74, 6) is 0. The topological polar surface area (TPSA) is 63.4 Å². The summed E-state index contributed by atoms with van der Waals surface area (Å²) in [6.07, 6.45) is 2.74. The molecule has 0 bridgehead atoms. The largest absolute Gasteiger partial charge is 0.329 e. The van der Waals surface area contributed by atoms with Gasteiger partial charge >= 0.3 is 0 Å². The molecule has 4 nitrogen and oxygen atoms in total. The summed E-state index contributed by atoms with van der Waals surface area (Å²) < 4.78 is 26.8. The molecular formula is C13H20Cl2N2O2S. The molecule has 1 aliphatic rings. The molecule has 1 aliphatic heterocycles. The maximum absolute atomic E-state index is 12.6. The molecule has 0 aromatic heterocycles. The van der Waals surface area contributed by atoms with Crippen LogP contribution in [0, 0.1) is 6.92 Å². The van der Waals surface area contributed by atoms with Crippen LogP contribution < -0.4 is 5.73 Å². The molecule has 2 rings (SSSR count). The zero-order chi connectivity index (χ0) is 14.0. The van der Waals surface area contributed by atoms with Gasteiger partial charge in [-0.25, -0.2) is 8.42 Å². The smallest absolute Gasteiger partial charge is 0.243 e. The molecular weight excluding hydrogens is 319 g/mol. The lowest BCUT2D eigenvalue weighted by Crippen LogP contribution is -2.47. The molecule has 1 unspecified atom stereocenters. The Morgan fingerprint density at radius 1 is 1.40 bits per heavy atom. The van der Waals surface area contributed by atoms with Gasteiger partial charge in [0.2, 0.25) is 10.0 Å². The van der Waals surface area contributed by atoms with Gasteiger partial charge in [-0.3, -0.25) is 0 Å². The highest BCUT2D eigenvalue weighted by atomic mass is 35.5. The molecule has 1 atom stereocenters. The number of piperidine rings is 1. The molecule has 20 heavy (non-hydrogen) atoms. The average molecular weight is 339 g/mol. The molecule has 7 heteroatoms. The summed E-state index contributed by atoms with van der Waals surface area (Å²) in [7, 11) is -3.49. The Balaban J connectivity index is 0.00000200. The van der Waals surface area contributed by atoms with Crippen molar-refractivity contribution in [3.05, 3.63) is 28.8 Å². The van der Waals surface area contributed by atoms with Crippen LogP contribution in [0.3, 0.4) is 0 Å². The fourth-order valence-corrected chi connectivity index (χ4v) is 4.37. The molecule has 0 spiro atoms. The van der Waals surface area contributed by atoms with Crippen LogP contribution >= 0.6 is 24.0 Å². The lowest BCUT2D eigenvalue weighted by atomic mass is 10.1. The normalized spacial score (nSPS) is 20.4. The molecule has 1 heterocycles. The third-order valence-corrected chi connectivity index (χ3v) is 5.95. The highest BCUT2D eigenvalue weighted by Crippen LogP contribution is 2.27. The number of nitrogens with two attached hydrogens (primary N) is 1. The zero-order valence-corrected chi connectivity index (χ0v) is 13.8. The standard InChI is InChI=1S/C13H19ClN2O2S.ClH/c1-10-5-6-12(8-13(10)14)19(17,18)16-7-3-2-4-11(16)9-15;/h5-6,8,11H,2-4,7,9,15H2,1H3;1H. The van der Waals surface area contributed by atoms with Crippen LogP contribution in [0.4, 0.5) is 0 Å². The van der Waals surface area contributed by atoms with E-state index in [1.54, 1.807) is 12.1 Å². The summed E-state index contributed by atoms with van der Waals surface area (Å²) >= 11 is 6.02. The molecule has 1 aromatic rings. The Kier molecular flexibility index (Phi) is 6.28. The number of sulfonamides is 1. The van der Waals surface area contributed by atoms with Crippen molar-refractivity contribution in [2.45, 2.75) is 37.1 Å². The molecule has 114 valence electrons. The van der Waals surface area contributed by atoms with Crippen molar-refractivity contribution in [3.8, 4) is 0 Å². The van der Waals surface area contributed by atoms with Crippen molar-refractivity contribution in [1.29, 1.82) is 0 Å². The number of aryl methyl sites for hydroxylation is 1. The first kappa shape index (κ1) is 17.7. The van der Waals surface area contributed by atoms with Gasteiger partial charge in [0.25, 0.3) is 0 Å². The van der Waals surface area contributed by atoms with Crippen LogP contribution in [0.1, 0.15) is 24.8 Å². The van der Waals surface area contributed by atoms with Gasteiger partial charge in [0.1, 0.15) is 0 Å². The summed E-state index contributed by atoms with van der Waals surface area (Å²) in [6.45, 7) is 2.75. The first-order valence-electron chi connectivity index (χ1n) is 6.45. The predicted molar refractivity (Wildman–Crippen MR) is 84.0 cm³/mol. The first-order chi connectivity index (χ1) is 8.96. The van der Waals surface area contributed by atoms with Crippen LogP contribution in [0.25, 0.3) is 0 Å². The van der Waals surface area contributed by atoms with Crippen LogP contribution in [-0.2, 0) is 10.0 Å². The van der Waals surface area contributed by atoms with Crippen LogP contribution in [0.15, 0.2) is 23.1 Å². The van der Waals surface area contributed by atoms with E-state index in [0.29, 0.717) is 18.1 Å². The second-order valence-electron chi connectivity index (χ2n) is 4.91. The number of rotatable bonds is 3. The Morgan fingerprint density at radius 2 is 2.10 bits per heavy atom. The van der Waals surface area contributed by atoms with Crippen molar-refractivity contribution < 1.29 is 8.42 Å². The molecule has 0 aliphatic carbocycles. The minimum Gasteiger partial charge on any atom is -0.329 e. The van der Waals surface area contributed by atoms with Crippen molar-refractivity contribution in [1.82, 2.24) is 4.31 Å². The minimum atomic E-state index is -3.49. The average Bonchev–Trinajstić information content (AvgIpc) is 2.41. The molecule has 0 radical (unpaired) electrons. The number of hydrogen-bond donors (Lipinski definition) is 1. The summed E-state index contributed by atoms with van der Waals surface area (Å²) in [6, 6.07) is 4.77. The van der Waals surface area contributed by atoms with Gasteiger partial charge in [-0.05, 0) is 37.5 Å². The highest BCUT2D eigenvalue weighted by Gasteiger charge is 2.32. The molecule has 0 saturated carbocycles. The number of hydrogen-bond acceptors (Lipinski definition) is 3. The van der Waals surface area contributed by atoms with Crippen molar-refractivity contribution in [3.63, 3.8) is 0 Å². The van der Waals surface area contributed by atoms with E-state index in [0.717, 1.165) is 24.8 Å². The summed E-state index contributed by atoms with van der Waals surface area (Å²) in [5.41, 5.74) is 6.56. The van der Waals surface area contributed by atoms with E-state index >= 15 is 0 Å². The Hall–Kier alpha value is -0.330. The van der Waals surface area contributed by atoms with E-state index in [1.165, 1.54) is 10.4 Å². The van der Waals surface area contributed by atoms with E-state index < -0.39 is 10.0 Å². The Bertz CT molecular complexity index is 563. The number of halogens is 2. The Labute approximate surface area is 131 Å². The molecule has 1 saturated heterocycles. The van der Waals surface area contributed by atoms with E-state index in [2.05, 4.69) is 0 Å². The third kappa shape index (κ3) is 3.46. The molecule has 1 fully saturated rings. The summed E-state index contributed by atoms with van der Waals surface area (Å²) in [4.78, 5) is 0.253. The van der Waals surface area contributed by atoms with Gasteiger partial charge in [0, 0.05) is 24.2 Å². The minimum absolute atomic E-state index is 0. The summed E-state index contributed by atoms with van der Waals surface area (Å²) in [5, 5.41) is 0.474. The van der Waals surface area contributed by atoms with Crippen molar-refractivity contribution in [2.75, 3.05) is 13.1 Å². The van der Waals surface area contributed by atoms with Gasteiger partial charge in [-0.2, -0.15) is 4.31 Å². The molecule has 1 aromatic carbocycles. The van der Waals surface area contributed by atoms with Crippen LogP contribution in [-0.4, -0.2) is 31.9 Å². The first-order valence-corrected chi connectivity index (χ1v) is 8.26. The quantitative estimate of drug-likeness (QED) is 0.921. The number of benzene rings is 1. The molecule has 2 N–H and O–H groups in total. The van der Waals surface area contributed by atoms with Gasteiger partial charge < -0.3 is 5.73 Å². The van der Waals surface area contributed by atoms with Crippen LogP contribution in [0.2, 0.25) is 5.02 Å². The van der Waals surface area contributed by atoms with E-state index in [-0.39, 0.29) is 23.3 Å². The fourth-order valence-electron chi connectivity index (χ4n) is 2.40. The maximum atomic E-state index is 12.6. The predicted octanol–water partition coefficient (Wildman–Crippen LogP) is 2.57. The van der Waals surface area contributed by atoms with Crippen LogP contribution in [0.5, 0.6) is 0 Å². The van der Waals surface area contributed by atoms with E-state index in [9.17, 15) is 8.42 Å². The van der Waals surface area contributed by atoms with E-state index in [4.69, 9.17) is 17.3 Å². The second-order valence-corrected chi connectivity index (χ2v) is 7.21. The maximum Gasteiger partial charge on any atom is 0.243 e. The van der Waals surface area contributed by atoms with Crippen molar-refractivity contribution >= 4 is 34.0 Å². The second kappa shape index (κ2) is 7.09. The van der Waals surface area contributed by atoms with Gasteiger partial charge in [-0.1, -0.05) is 24.1 Å². The fraction of sp³-hybridized carbons (Fsp3) is 0.538. The SMILES string of the molecule is Cc1ccc(S(=O)(=O)N2CCCCC2CN)cc1Cl.Cl. The number of nitrogens with zero attached hydrogens (tertiary/aromatic N) is 1. The lowest BCUT2D eigenvalue weighted by molar-refractivity contribution is 0.257. The lowest BCUT2D eigenvalue weighted by Gasteiger charge is -2.33. The third-order valence-electron chi connectivity index (χ3n) is 3.60. The Morgan fingerprint density at radius 3 is 2.70 bits per heavy atom. The van der Waals surface area contributed by atoms with Gasteiger partial charge in [0.05, 0.1) is 4.90 Å². The van der Waals surface area contributed by atoms with E-state index in [1.807, 2.05) is 6.92 Å². The molecule has 0 amide bonds. The highest BCUT2D eigenvalue weighted by molar-refractivity contribution is 7.89. The monoisotopic (exact) mass is 338 g/mol. The van der Waals surface area contributed by atoms with Gasteiger partial charge in [-0.15, -0.1) is 12.4 Å².